The van der Waals surface area contributed by atoms with Crippen LogP contribution in [0.4, 0.5) is 0 Å². The topological polar surface area (TPSA) is 26.0 Å². The van der Waals surface area contributed by atoms with E-state index in [0.29, 0.717) is 0 Å². The Morgan fingerprint density at radius 3 is 2.38 bits per heavy atom. The van der Waals surface area contributed by atoms with E-state index in [-0.39, 0.29) is 5.54 Å². The van der Waals surface area contributed by atoms with Crippen LogP contribution >= 0.6 is 0 Å². The van der Waals surface area contributed by atoms with E-state index in [4.69, 9.17) is 5.73 Å². The summed E-state index contributed by atoms with van der Waals surface area (Å²) < 4.78 is 0. The fourth-order valence-corrected chi connectivity index (χ4v) is 2.75. The highest BCUT2D eigenvalue weighted by atomic mass is 14.7. The molecule has 1 atom stereocenters. The quantitative estimate of drug-likeness (QED) is 0.709. The maximum atomic E-state index is 6.39. The van der Waals surface area contributed by atoms with Gasteiger partial charge in [-0.3, -0.25) is 0 Å². The van der Waals surface area contributed by atoms with Crippen molar-refractivity contribution in [2.75, 3.05) is 0 Å². The van der Waals surface area contributed by atoms with Crippen LogP contribution in [0.5, 0.6) is 0 Å². The molecule has 0 radical (unpaired) electrons. The molecule has 1 nitrogen and oxygen atoms in total. The molecule has 0 aromatic rings. The monoisotopic (exact) mass is 183 g/mol. The Morgan fingerprint density at radius 1 is 1.23 bits per heavy atom. The van der Waals surface area contributed by atoms with Gasteiger partial charge < -0.3 is 5.73 Å². The molecule has 1 unspecified atom stereocenters. The van der Waals surface area contributed by atoms with Crippen molar-refractivity contribution in [3.63, 3.8) is 0 Å². The Labute approximate surface area is 83.1 Å². The van der Waals surface area contributed by atoms with Crippen molar-refractivity contribution < 1.29 is 0 Å². The number of nitrogens with two attached hydrogens (primary N) is 1. The van der Waals surface area contributed by atoms with Crippen LogP contribution in [0, 0.1) is 5.92 Å². The fraction of sp³-hybridized carbons (Fsp3) is 1.00. The van der Waals surface area contributed by atoms with E-state index < -0.39 is 0 Å². The summed E-state index contributed by atoms with van der Waals surface area (Å²) in [5, 5.41) is 0. The van der Waals surface area contributed by atoms with Gasteiger partial charge in [0.1, 0.15) is 0 Å². The predicted molar refractivity (Wildman–Crippen MR) is 58.7 cm³/mol. The molecule has 1 heteroatoms. The van der Waals surface area contributed by atoms with E-state index in [1.807, 2.05) is 0 Å². The Balaban J connectivity index is 2.31. The first-order valence-corrected chi connectivity index (χ1v) is 5.95. The number of hydrogen-bond acceptors (Lipinski definition) is 1. The minimum Gasteiger partial charge on any atom is -0.325 e. The second kappa shape index (κ2) is 4.99. The van der Waals surface area contributed by atoms with Crippen LogP contribution in [0.1, 0.15) is 65.2 Å². The lowest BCUT2D eigenvalue weighted by Gasteiger charge is -2.35. The Hall–Kier alpha value is -0.0400. The number of hydrogen-bond donors (Lipinski definition) is 1. The normalized spacial score (nSPS) is 24.2. The minimum atomic E-state index is 0.201. The van der Waals surface area contributed by atoms with Gasteiger partial charge in [-0.1, -0.05) is 46.0 Å². The first-order chi connectivity index (χ1) is 6.16. The Kier molecular flexibility index (Phi) is 4.24. The van der Waals surface area contributed by atoms with E-state index in [9.17, 15) is 0 Å². The summed E-state index contributed by atoms with van der Waals surface area (Å²) in [4.78, 5) is 0. The van der Waals surface area contributed by atoms with Crippen molar-refractivity contribution in [1.29, 1.82) is 0 Å². The van der Waals surface area contributed by atoms with Crippen molar-refractivity contribution in [3.05, 3.63) is 0 Å². The summed E-state index contributed by atoms with van der Waals surface area (Å²) in [6, 6.07) is 0. The molecule has 1 fully saturated rings. The van der Waals surface area contributed by atoms with Gasteiger partial charge in [-0.2, -0.15) is 0 Å². The van der Waals surface area contributed by atoms with E-state index in [0.717, 1.165) is 5.92 Å². The third-order valence-corrected chi connectivity index (χ3v) is 3.39. The zero-order chi connectivity index (χ0) is 9.73. The van der Waals surface area contributed by atoms with Crippen LogP contribution in [-0.2, 0) is 0 Å². The maximum absolute atomic E-state index is 6.39. The summed E-state index contributed by atoms with van der Waals surface area (Å²) in [5.41, 5.74) is 6.59. The Bertz CT molecular complexity index is 136. The van der Waals surface area contributed by atoms with E-state index in [2.05, 4.69) is 13.8 Å². The molecule has 2 N–H and O–H groups in total. The molecule has 13 heavy (non-hydrogen) atoms. The standard InChI is InChI=1S/C12H25N/c1-3-7-11(2)10-12(13)8-5-4-6-9-12/h11H,3-10,13H2,1-2H3. The maximum Gasteiger partial charge on any atom is 0.0156 e. The molecule has 0 amide bonds. The van der Waals surface area contributed by atoms with Crippen LogP contribution < -0.4 is 5.73 Å². The zero-order valence-electron chi connectivity index (χ0n) is 9.31. The van der Waals surface area contributed by atoms with Crippen molar-refractivity contribution in [2.45, 2.75) is 70.8 Å². The van der Waals surface area contributed by atoms with Gasteiger partial charge >= 0.3 is 0 Å². The van der Waals surface area contributed by atoms with Gasteiger partial charge in [0.2, 0.25) is 0 Å². The Morgan fingerprint density at radius 2 is 1.85 bits per heavy atom. The molecule has 78 valence electrons. The second-order valence-corrected chi connectivity index (χ2v) is 5.02. The molecule has 1 rings (SSSR count). The second-order valence-electron chi connectivity index (χ2n) is 5.02. The molecule has 0 spiro atoms. The molecule has 0 saturated heterocycles. The van der Waals surface area contributed by atoms with Crippen molar-refractivity contribution in [1.82, 2.24) is 0 Å². The highest BCUT2D eigenvalue weighted by Gasteiger charge is 2.28. The summed E-state index contributed by atoms with van der Waals surface area (Å²) >= 11 is 0. The van der Waals surface area contributed by atoms with E-state index >= 15 is 0 Å². The average Bonchev–Trinajstić information content (AvgIpc) is 2.04. The van der Waals surface area contributed by atoms with E-state index in [1.165, 1.54) is 51.4 Å². The van der Waals surface area contributed by atoms with Crippen LogP contribution in [0.25, 0.3) is 0 Å². The SMILES string of the molecule is CCCC(C)CC1(N)CCCCC1. The highest BCUT2D eigenvalue weighted by Crippen LogP contribution is 2.32. The number of rotatable bonds is 4. The van der Waals surface area contributed by atoms with Gasteiger partial charge in [-0.05, 0) is 25.2 Å². The van der Waals surface area contributed by atoms with E-state index in [1.54, 1.807) is 0 Å². The van der Waals surface area contributed by atoms with Crippen molar-refractivity contribution >= 4 is 0 Å². The van der Waals surface area contributed by atoms with Crippen molar-refractivity contribution in [2.24, 2.45) is 11.7 Å². The lowest BCUT2D eigenvalue weighted by atomic mass is 9.76. The van der Waals surface area contributed by atoms with Crippen molar-refractivity contribution in [3.8, 4) is 0 Å². The molecule has 0 aromatic carbocycles. The zero-order valence-corrected chi connectivity index (χ0v) is 9.31. The van der Waals surface area contributed by atoms with Crippen LogP contribution in [0.15, 0.2) is 0 Å². The van der Waals surface area contributed by atoms with Gasteiger partial charge in [0.25, 0.3) is 0 Å². The molecule has 0 bridgehead atoms. The smallest absolute Gasteiger partial charge is 0.0156 e. The van der Waals surface area contributed by atoms with Gasteiger partial charge in [-0.15, -0.1) is 0 Å². The first-order valence-electron chi connectivity index (χ1n) is 5.95. The summed E-state index contributed by atoms with van der Waals surface area (Å²) in [5.74, 6) is 0.827. The average molecular weight is 183 g/mol. The lowest BCUT2D eigenvalue weighted by molar-refractivity contribution is 0.238. The first kappa shape index (κ1) is 11.0. The molecular formula is C12H25N. The molecule has 1 aliphatic carbocycles. The summed E-state index contributed by atoms with van der Waals surface area (Å²) in [6.45, 7) is 4.62. The molecule has 1 aliphatic rings. The fourth-order valence-electron chi connectivity index (χ4n) is 2.75. The van der Waals surface area contributed by atoms with Gasteiger partial charge in [-0.25, -0.2) is 0 Å². The highest BCUT2D eigenvalue weighted by molar-refractivity contribution is 4.88. The third kappa shape index (κ3) is 3.68. The molecule has 1 saturated carbocycles. The predicted octanol–water partition coefficient (Wildman–Crippen LogP) is 3.47. The largest absolute Gasteiger partial charge is 0.325 e. The van der Waals surface area contributed by atoms with Crippen LogP contribution in [0.3, 0.4) is 0 Å². The van der Waals surface area contributed by atoms with Crippen LogP contribution in [0.2, 0.25) is 0 Å². The molecular weight excluding hydrogens is 158 g/mol. The molecule has 0 aromatic heterocycles. The minimum absolute atomic E-state index is 0.201. The molecule has 0 aliphatic heterocycles. The summed E-state index contributed by atoms with van der Waals surface area (Å²) in [6.07, 6.45) is 10.5. The van der Waals surface area contributed by atoms with Gasteiger partial charge in [0.05, 0.1) is 0 Å². The van der Waals surface area contributed by atoms with Crippen LogP contribution in [-0.4, -0.2) is 5.54 Å². The lowest BCUT2D eigenvalue weighted by Crippen LogP contribution is -2.43. The molecule has 0 heterocycles. The third-order valence-electron chi connectivity index (χ3n) is 3.39. The van der Waals surface area contributed by atoms with Gasteiger partial charge in [0, 0.05) is 5.54 Å². The van der Waals surface area contributed by atoms with Gasteiger partial charge in [0.15, 0.2) is 0 Å². The summed E-state index contributed by atoms with van der Waals surface area (Å²) in [7, 11) is 0.